The van der Waals surface area contributed by atoms with Gasteiger partial charge >= 0.3 is 5.97 Å². The van der Waals surface area contributed by atoms with Gasteiger partial charge in [0.05, 0.1) is 43.7 Å². The van der Waals surface area contributed by atoms with Crippen molar-refractivity contribution in [3.05, 3.63) is 48.0 Å². The molecule has 0 aromatic heterocycles. The third-order valence-corrected chi connectivity index (χ3v) is 8.14. The van der Waals surface area contributed by atoms with Crippen molar-refractivity contribution in [2.75, 3.05) is 34.9 Å². The number of benzene rings is 1. The summed E-state index contributed by atoms with van der Waals surface area (Å²) >= 11 is 0. The maximum absolute atomic E-state index is 13.5. The van der Waals surface area contributed by atoms with E-state index in [0.29, 0.717) is 18.9 Å². The summed E-state index contributed by atoms with van der Waals surface area (Å²) < 4.78 is 16.4. The number of likely N-dealkylation sites (tertiary alicyclic amines) is 1. The van der Waals surface area contributed by atoms with E-state index in [4.69, 9.17) is 14.2 Å². The smallest absolute Gasteiger partial charge is 0.330 e. The lowest BCUT2D eigenvalue weighted by atomic mass is 9.91. The molecule has 2 N–H and O–H groups in total. The van der Waals surface area contributed by atoms with Crippen LogP contribution in [-0.2, 0) is 35.0 Å². The molecule has 1 heterocycles. The lowest BCUT2D eigenvalue weighted by molar-refractivity contribution is -0.142. The maximum Gasteiger partial charge on any atom is 0.330 e. The number of hydrogen-bond acceptors (Lipinski definition) is 7. The Morgan fingerprint density at radius 3 is 2.38 bits per heavy atom. The molecule has 1 aliphatic heterocycles. The van der Waals surface area contributed by atoms with Crippen LogP contribution in [0.25, 0.3) is 0 Å². The van der Waals surface area contributed by atoms with Gasteiger partial charge in [-0.1, -0.05) is 63.6 Å². The number of hydrogen-bond donors (Lipinski definition) is 2. The number of methoxy groups -OCH3 is 3. The van der Waals surface area contributed by atoms with E-state index in [0.717, 1.165) is 24.8 Å². The third-order valence-electron chi connectivity index (χ3n) is 8.14. The monoisotopic (exact) mass is 559 g/mol. The second-order valence-corrected chi connectivity index (χ2v) is 10.7. The van der Waals surface area contributed by atoms with Crippen LogP contribution in [0.1, 0.15) is 52.0 Å². The first-order valence-electron chi connectivity index (χ1n) is 14.3. The van der Waals surface area contributed by atoms with Crippen LogP contribution in [0.5, 0.6) is 0 Å². The summed E-state index contributed by atoms with van der Waals surface area (Å²) in [4.78, 5) is 40.6. The molecule has 1 aliphatic rings. The quantitative estimate of drug-likeness (QED) is 0.237. The van der Waals surface area contributed by atoms with Crippen molar-refractivity contribution in [3.63, 3.8) is 0 Å². The van der Waals surface area contributed by atoms with E-state index < -0.39 is 24.0 Å². The minimum absolute atomic E-state index is 0.00975. The molecule has 1 fully saturated rings. The van der Waals surface area contributed by atoms with Gasteiger partial charge in [-0.15, -0.1) is 0 Å². The summed E-state index contributed by atoms with van der Waals surface area (Å²) in [6, 6.07) is 9.17. The highest BCUT2D eigenvalue weighted by molar-refractivity contribution is 5.83. The van der Waals surface area contributed by atoms with Crippen LogP contribution < -0.4 is 10.6 Å². The summed E-state index contributed by atoms with van der Waals surface area (Å²) in [7, 11) is 6.46. The van der Waals surface area contributed by atoms with E-state index in [-0.39, 0.29) is 36.4 Å². The summed E-state index contributed by atoms with van der Waals surface area (Å²) in [5.74, 6) is -0.862. The summed E-state index contributed by atoms with van der Waals surface area (Å²) in [5.41, 5.74) is 1.02. The molecule has 1 aromatic rings. The molecular formula is C31H49N3O6. The van der Waals surface area contributed by atoms with Gasteiger partial charge in [0.1, 0.15) is 0 Å². The van der Waals surface area contributed by atoms with Crippen molar-refractivity contribution in [1.82, 2.24) is 15.5 Å². The van der Waals surface area contributed by atoms with Crippen molar-refractivity contribution in [1.29, 1.82) is 0 Å². The van der Waals surface area contributed by atoms with Crippen LogP contribution in [0, 0.1) is 11.8 Å². The largest absolute Gasteiger partial charge is 0.466 e. The zero-order valence-corrected chi connectivity index (χ0v) is 25.2. The van der Waals surface area contributed by atoms with Gasteiger partial charge in [-0.3, -0.25) is 9.59 Å². The number of amides is 2. The Morgan fingerprint density at radius 1 is 1.10 bits per heavy atom. The van der Waals surface area contributed by atoms with Gasteiger partial charge in [-0.05, 0) is 37.8 Å². The van der Waals surface area contributed by atoms with Gasteiger partial charge in [0, 0.05) is 32.9 Å². The minimum Gasteiger partial charge on any atom is -0.466 e. The normalized spacial score (nSPS) is 20.0. The molecule has 7 unspecified atom stereocenters. The van der Waals surface area contributed by atoms with Crippen LogP contribution in [0.3, 0.4) is 0 Å². The van der Waals surface area contributed by atoms with Crippen LogP contribution in [-0.4, -0.2) is 87.9 Å². The van der Waals surface area contributed by atoms with Crippen LogP contribution in [0.15, 0.2) is 42.5 Å². The van der Waals surface area contributed by atoms with E-state index in [9.17, 15) is 14.4 Å². The zero-order valence-electron chi connectivity index (χ0n) is 25.2. The predicted molar refractivity (Wildman–Crippen MR) is 156 cm³/mol. The number of carbonyl (C=O) groups is 3. The molecule has 0 radical (unpaired) electrons. The zero-order chi connectivity index (χ0) is 29.7. The highest BCUT2D eigenvalue weighted by Crippen LogP contribution is 2.28. The van der Waals surface area contributed by atoms with Gasteiger partial charge in [-0.25, -0.2) is 4.79 Å². The first kappa shape index (κ1) is 33.5. The number of ether oxygens (including phenoxy) is 3. The fourth-order valence-corrected chi connectivity index (χ4v) is 5.64. The second-order valence-electron chi connectivity index (χ2n) is 10.7. The van der Waals surface area contributed by atoms with Crippen LogP contribution in [0.4, 0.5) is 0 Å². The predicted octanol–water partition coefficient (Wildman–Crippen LogP) is 3.12. The highest BCUT2D eigenvalue weighted by atomic mass is 16.5. The molecule has 0 bridgehead atoms. The molecule has 9 heteroatoms. The summed E-state index contributed by atoms with van der Waals surface area (Å²) in [5, 5.41) is 6.39. The van der Waals surface area contributed by atoms with Crippen molar-refractivity contribution >= 4 is 17.8 Å². The van der Waals surface area contributed by atoms with Crippen molar-refractivity contribution in [3.8, 4) is 0 Å². The van der Waals surface area contributed by atoms with Crippen molar-refractivity contribution in [2.45, 2.75) is 83.2 Å². The number of esters is 1. The molecule has 2 rings (SSSR count). The third kappa shape index (κ3) is 9.42. The number of nitrogens with zero attached hydrogens (tertiary/aromatic N) is 1. The standard InChI is InChI=1S/C31H49N3O6/c1-8-21(2)29(32-4)26(38-5)20-27(35)34-18-12-15-25(34)30(40-7)22(3)31(37)33-24(16-17-28(36)39-6)19-23-13-10-9-11-14-23/h9-11,13-14,16-17,21-22,24-26,29-30,32H,8,12,15,18-20H2,1-7H3,(H,33,37). The fraction of sp³-hybridized carbons (Fsp3) is 0.645. The van der Waals surface area contributed by atoms with Gasteiger partial charge < -0.3 is 29.7 Å². The Balaban J connectivity index is 2.15. The number of rotatable bonds is 16. The molecule has 0 aliphatic carbocycles. The van der Waals surface area contributed by atoms with E-state index in [1.807, 2.05) is 49.2 Å². The average molecular weight is 560 g/mol. The van der Waals surface area contributed by atoms with E-state index >= 15 is 0 Å². The number of nitrogens with one attached hydrogen (secondary N) is 2. The molecule has 224 valence electrons. The molecule has 40 heavy (non-hydrogen) atoms. The van der Waals surface area contributed by atoms with Crippen molar-refractivity contribution in [2.24, 2.45) is 11.8 Å². The van der Waals surface area contributed by atoms with Gasteiger partial charge in [0.2, 0.25) is 11.8 Å². The first-order valence-corrected chi connectivity index (χ1v) is 14.3. The molecular weight excluding hydrogens is 510 g/mol. The van der Waals surface area contributed by atoms with Gasteiger partial charge in [0.25, 0.3) is 0 Å². The van der Waals surface area contributed by atoms with Gasteiger partial charge in [-0.2, -0.15) is 0 Å². The maximum atomic E-state index is 13.5. The van der Waals surface area contributed by atoms with E-state index in [1.54, 1.807) is 20.3 Å². The Labute approximate surface area is 240 Å². The SMILES string of the molecule is CCC(C)C(NC)C(CC(=O)N1CCCC1C(OC)C(C)C(=O)NC(C=CC(=O)OC)Cc1ccccc1)OC. The van der Waals surface area contributed by atoms with E-state index in [2.05, 4.69) is 24.5 Å². The molecule has 0 saturated carbocycles. The molecule has 2 amide bonds. The Hall–Kier alpha value is -2.75. The first-order chi connectivity index (χ1) is 19.2. The van der Waals surface area contributed by atoms with Crippen LogP contribution >= 0.6 is 0 Å². The highest BCUT2D eigenvalue weighted by Gasteiger charge is 2.41. The fourth-order valence-electron chi connectivity index (χ4n) is 5.64. The topological polar surface area (TPSA) is 106 Å². The lowest BCUT2D eigenvalue weighted by Gasteiger charge is -2.36. The number of likely N-dealkylation sites (N-methyl/N-ethyl adjacent to an activating group) is 1. The Morgan fingerprint density at radius 2 is 1.80 bits per heavy atom. The Kier molecular flexibility index (Phi) is 14.3. The molecule has 7 atom stereocenters. The van der Waals surface area contributed by atoms with Gasteiger partial charge in [0.15, 0.2) is 0 Å². The van der Waals surface area contributed by atoms with Crippen LogP contribution in [0.2, 0.25) is 0 Å². The summed E-state index contributed by atoms with van der Waals surface area (Å²) in [6.07, 6.45) is 5.60. The molecule has 9 nitrogen and oxygen atoms in total. The number of carbonyl (C=O) groups excluding carboxylic acids is 3. The summed E-state index contributed by atoms with van der Waals surface area (Å²) in [6.45, 7) is 6.74. The average Bonchev–Trinajstić information content (AvgIpc) is 3.45. The minimum atomic E-state index is -0.531. The Bertz CT molecular complexity index is 956. The lowest BCUT2D eigenvalue weighted by Crippen LogP contribution is -2.52. The molecule has 1 aromatic carbocycles. The molecule has 0 spiro atoms. The second kappa shape index (κ2) is 17.1. The van der Waals surface area contributed by atoms with E-state index in [1.165, 1.54) is 13.2 Å². The van der Waals surface area contributed by atoms with Crippen molar-refractivity contribution < 1.29 is 28.6 Å². The molecule has 1 saturated heterocycles.